The number of hydrogen-bond acceptors (Lipinski definition) is 1. The number of aliphatic carboxylic acids is 1. The maximum Gasteiger partial charge on any atom is 0.313 e. The average molecular weight is 226 g/mol. The minimum Gasteiger partial charge on any atom is -0.481 e. The SMILES string of the molecule is CC.CC(P)(Cc1ccccc1)C(=O)O. The summed E-state index contributed by atoms with van der Waals surface area (Å²) in [5, 5.41) is 8.12. The highest BCUT2D eigenvalue weighted by atomic mass is 31.0. The molecule has 0 aliphatic rings. The summed E-state index contributed by atoms with van der Waals surface area (Å²) in [5.41, 5.74) is 1.04. The Bertz CT molecular complexity index is 294. The molecule has 1 rings (SSSR count). The van der Waals surface area contributed by atoms with E-state index in [-0.39, 0.29) is 0 Å². The molecule has 0 radical (unpaired) electrons. The van der Waals surface area contributed by atoms with E-state index < -0.39 is 11.1 Å². The highest BCUT2D eigenvalue weighted by molar-refractivity contribution is 7.20. The van der Waals surface area contributed by atoms with Crippen molar-refractivity contribution < 1.29 is 9.90 Å². The summed E-state index contributed by atoms with van der Waals surface area (Å²) in [6, 6.07) is 9.62. The molecule has 0 bridgehead atoms. The predicted molar refractivity (Wildman–Crippen MR) is 67.2 cm³/mol. The zero-order valence-corrected chi connectivity index (χ0v) is 10.7. The number of carboxylic acids is 1. The summed E-state index contributed by atoms with van der Waals surface area (Å²) in [4.78, 5) is 10.8. The van der Waals surface area contributed by atoms with Crippen molar-refractivity contribution in [2.45, 2.75) is 32.3 Å². The molecule has 0 aromatic heterocycles. The maximum absolute atomic E-state index is 10.8. The van der Waals surface area contributed by atoms with E-state index in [4.69, 9.17) is 5.11 Å². The molecule has 2 nitrogen and oxygen atoms in total. The zero-order chi connectivity index (χ0) is 11.9. The first-order valence-electron chi connectivity index (χ1n) is 5.08. The van der Waals surface area contributed by atoms with Crippen LogP contribution in [0.25, 0.3) is 0 Å². The Morgan fingerprint density at radius 2 is 1.80 bits per heavy atom. The van der Waals surface area contributed by atoms with Crippen molar-refractivity contribution in [2.75, 3.05) is 0 Å². The standard InChI is InChI=1S/C10H13O2P.C2H6/c1-10(13,9(11)12)7-8-5-3-2-4-6-8;1-2/h2-6H,7,13H2,1H3,(H,11,12);1-2H3. The molecular formula is C12H19O2P. The fraction of sp³-hybridized carbons (Fsp3) is 0.417. The van der Waals surface area contributed by atoms with Gasteiger partial charge >= 0.3 is 5.97 Å². The molecule has 0 saturated carbocycles. The van der Waals surface area contributed by atoms with Crippen LogP contribution in [0, 0.1) is 0 Å². The number of carboxylic acid groups (broad SMARTS) is 1. The van der Waals surface area contributed by atoms with Crippen LogP contribution in [0.4, 0.5) is 0 Å². The van der Waals surface area contributed by atoms with Crippen LogP contribution in [-0.4, -0.2) is 16.2 Å². The average Bonchev–Trinajstić information content (AvgIpc) is 2.21. The highest BCUT2D eigenvalue weighted by Gasteiger charge is 2.27. The molecule has 0 aliphatic carbocycles. The lowest BCUT2D eigenvalue weighted by Gasteiger charge is -2.18. The van der Waals surface area contributed by atoms with Gasteiger partial charge < -0.3 is 5.11 Å². The van der Waals surface area contributed by atoms with Gasteiger partial charge in [0, 0.05) is 0 Å². The third-order valence-corrected chi connectivity index (χ3v) is 2.35. The lowest BCUT2D eigenvalue weighted by atomic mass is 10.0. The van der Waals surface area contributed by atoms with Crippen LogP contribution in [0.1, 0.15) is 26.3 Å². The molecule has 15 heavy (non-hydrogen) atoms. The fourth-order valence-electron chi connectivity index (χ4n) is 1.10. The summed E-state index contributed by atoms with van der Waals surface area (Å²) in [7, 11) is 2.38. The Labute approximate surface area is 93.9 Å². The van der Waals surface area contributed by atoms with Crippen LogP contribution >= 0.6 is 9.24 Å². The van der Waals surface area contributed by atoms with Gasteiger partial charge in [0.05, 0.1) is 5.16 Å². The van der Waals surface area contributed by atoms with Gasteiger partial charge in [-0.05, 0) is 18.9 Å². The summed E-state index contributed by atoms with van der Waals surface area (Å²) in [6.45, 7) is 5.70. The van der Waals surface area contributed by atoms with Crippen molar-refractivity contribution >= 4 is 15.2 Å². The number of rotatable bonds is 3. The molecule has 2 atom stereocenters. The molecule has 1 aromatic rings. The summed E-state index contributed by atoms with van der Waals surface area (Å²) in [6.07, 6.45) is 0.536. The second-order valence-electron chi connectivity index (χ2n) is 3.38. The third kappa shape index (κ3) is 4.94. The van der Waals surface area contributed by atoms with Gasteiger partial charge in [0.1, 0.15) is 0 Å². The second kappa shape index (κ2) is 6.58. The largest absolute Gasteiger partial charge is 0.481 e. The molecule has 0 fully saturated rings. The first kappa shape index (κ1) is 14.1. The van der Waals surface area contributed by atoms with Crippen LogP contribution in [0.3, 0.4) is 0 Å². The Morgan fingerprint density at radius 3 is 2.20 bits per heavy atom. The van der Waals surface area contributed by atoms with Crippen molar-refractivity contribution in [3.05, 3.63) is 35.9 Å². The van der Waals surface area contributed by atoms with Crippen molar-refractivity contribution in [1.82, 2.24) is 0 Å². The molecule has 2 unspecified atom stereocenters. The normalized spacial score (nSPS) is 13.3. The molecule has 0 spiro atoms. The molecule has 0 aliphatic heterocycles. The molecule has 1 N–H and O–H groups in total. The van der Waals surface area contributed by atoms with Gasteiger partial charge in [-0.3, -0.25) is 4.79 Å². The summed E-state index contributed by atoms with van der Waals surface area (Å²) in [5.74, 6) is -0.790. The van der Waals surface area contributed by atoms with Crippen LogP contribution < -0.4 is 0 Å². The Kier molecular flexibility index (Phi) is 6.19. The van der Waals surface area contributed by atoms with E-state index in [1.807, 2.05) is 44.2 Å². The van der Waals surface area contributed by atoms with Gasteiger partial charge in [-0.2, -0.15) is 0 Å². The van der Waals surface area contributed by atoms with E-state index in [1.165, 1.54) is 0 Å². The van der Waals surface area contributed by atoms with Crippen LogP contribution in [0.5, 0.6) is 0 Å². The highest BCUT2D eigenvalue weighted by Crippen LogP contribution is 2.23. The Hall–Kier alpha value is -0.880. The molecule has 1 aromatic carbocycles. The molecule has 0 saturated heterocycles. The first-order valence-corrected chi connectivity index (χ1v) is 5.66. The Morgan fingerprint density at radius 1 is 1.33 bits per heavy atom. The monoisotopic (exact) mass is 226 g/mol. The molecule has 84 valence electrons. The fourth-order valence-corrected chi connectivity index (χ4v) is 1.33. The van der Waals surface area contributed by atoms with Gasteiger partial charge in [0.2, 0.25) is 0 Å². The van der Waals surface area contributed by atoms with Gasteiger partial charge in [-0.1, -0.05) is 44.2 Å². The van der Waals surface area contributed by atoms with E-state index in [0.717, 1.165) is 5.56 Å². The summed E-state index contributed by atoms with van der Waals surface area (Å²) >= 11 is 0. The summed E-state index contributed by atoms with van der Waals surface area (Å²) < 4.78 is 0. The van der Waals surface area contributed by atoms with E-state index >= 15 is 0 Å². The topological polar surface area (TPSA) is 37.3 Å². The van der Waals surface area contributed by atoms with Crippen molar-refractivity contribution in [2.24, 2.45) is 0 Å². The van der Waals surface area contributed by atoms with Crippen LogP contribution in [-0.2, 0) is 11.2 Å². The quantitative estimate of drug-likeness (QED) is 0.804. The smallest absolute Gasteiger partial charge is 0.313 e. The van der Waals surface area contributed by atoms with Crippen molar-refractivity contribution in [1.29, 1.82) is 0 Å². The molecule has 0 heterocycles. The van der Waals surface area contributed by atoms with E-state index in [1.54, 1.807) is 6.92 Å². The van der Waals surface area contributed by atoms with Gasteiger partial charge in [-0.25, -0.2) is 0 Å². The number of benzene rings is 1. The van der Waals surface area contributed by atoms with Gasteiger partial charge in [0.25, 0.3) is 0 Å². The first-order chi connectivity index (χ1) is 7.02. The van der Waals surface area contributed by atoms with E-state index in [0.29, 0.717) is 6.42 Å². The van der Waals surface area contributed by atoms with Crippen LogP contribution in [0.15, 0.2) is 30.3 Å². The van der Waals surface area contributed by atoms with Crippen LogP contribution in [0.2, 0.25) is 0 Å². The Balaban J connectivity index is 0.000000921. The lowest BCUT2D eigenvalue weighted by Crippen LogP contribution is -2.30. The van der Waals surface area contributed by atoms with E-state index in [9.17, 15) is 4.79 Å². The number of hydrogen-bond donors (Lipinski definition) is 1. The molecule has 3 heteroatoms. The second-order valence-corrected chi connectivity index (χ2v) is 4.66. The zero-order valence-electron chi connectivity index (χ0n) is 9.53. The van der Waals surface area contributed by atoms with Gasteiger partial charge in [-0.15, -0.1) is 9.24 Å². The number of carbonyl (C=O) groups is 1. The molecule has 0 amide bonds. The minimum atomic E-state index is -0.790. The van der Waals surface area contributed by atoms with E-state index in [2.05, 4.69) is 9.24 Å². The van der Waals surface area contributed by atoms with Crippen molar-refractivity contribution in [3.63, 3.8) is 0 Å². The minimum absolute atomic E-state index is 0.536. The molecular weight excluding hydrogens is 207 g/mol. The van der Waals surface area contributed by atoms with Gasteiger partial charge in [0.15, 0.2) is 0 Å². The predicted octanol–water partition coefficient (Wildman–Crippen LogP) is 2.97. The third-order valence-electron chi connectivity index (χ3n) is 1.90. The lowest BCUT2D eigenvalue weighted by molar-refractivity contribution is -0.139. The maximum atomic E-state index is 10.8. The van der Waals surface area contributed by atoms with Crippen molar-refractivity contribution in [3.8, 4) is 0 Å².